The summed E-state index contributed by atoms with van der Waals surface area (Å²) in [6, 6.07) is 7.34. The Hall–Kier alpha value is -2.41. The summed E-state index contributed by atoms with van der Waals surface area (Å²) in [7, 11) is 1.54. The first kappa shape index (κ1) is 24.6. The lowest BCUT2D eigenvalue weighted by Crippen LogP contribution is -2.57. The second-order valence-corrected chi connectivity index (χ2v) is 7.97. The average molecular weight is 405 g/mol. The molecule has 0 saturated heterocycles. The summed E-state index contributed by atoms with van der Waals surface area (Å²) in [4.78, 5) is 37.7. The van der Waals surface area contributed by atoms with E-state index in [9.17, 15) is 14.4 Å². The largest absolute Gasteiger partial charge is 0.357 e. The Labute approximate surface area is 174 Å². The standard InChI is InChI=1S/C22H36N4O3/c1-6-15(4)19(22(29)25-18(12-14(2)3)21(28)24-5)26-20(27)17(23)13-16-10-8-7-9-11-16/h7-11,14-15,17-19H,6,12-13,23H2,1-5H3,(H,24,28)(H,25,29)(H,26,27)/t15?,17-,18-,19-/m0/s1. The summed E-state index contributed by atoms with van der Waals surface area (Å²) in [6.45, 7) is 7.81. The van der Waals surface area contributed by atoms with E-state index in [1.165, 1.54) is 0 Å². The zero-order chi connectivity index (χ0) is 22.0. The van der Waals surface area contributed by atoms with E-state index in [1.807, 2.05) is 58.0 Å². The van der Waals surface area contributed by atoms with Crippen molar-refractivity contribution < 1.29 is 14.4 Å². The number of nitrogens with two attached hydrogens (primary N) is 1. The Bertz CT molecular complexity index is 663. The van der Waals surface area contributed by atoms with Crippen LogP contribution in [-0.2, 0) is 20.8 Å². The number of nitrogens with one attached hydrogen (secondary N) is 3. The molecule has 4 atom stereocenters. The van der Waals surface area contributed by atoms with Gasteiger partial charge in [-0.25, -0.2) is 0 Å². The predicted molar refractivity (Wildman–Crippen MR) is 115 cm³/mol. The number of carbonyl (C=O) groups excluding carboxylic acids is 3. The number of benzene rings is 1. The molecule has 0 bridgehead atoms. The van der Waals surface area contributed by atoms with Gasteiger partial charge in [0.25, 0.3) is 0 Å². The molecule has 0 fully saturated rings. The van der Waals surface area contributed by atoms with Crippen molar-refractivity contribution in [2.24, 2.45) is 17.6 Å². The number of hydrogen-bond donors (Lipinski definition) is 4. The number of amides is 3. The molecule has 162 valence electrons. The molecule has 0 heterocycles. The average Bonchev–Trinajstić information content (AvgIpc) is 2.70. The van der Waals surface area contributed by atoms with Gasteiger partial charge in [0.05, 0.1) is 6.04 Å². The van der Waals surface area contributed by atoms with Gasteiger partial charge in [0.1, 0.15) is 12.1 Å². The lowest BCUT2D eigenvalue weighted by molar-refractivity contribution is -0.133. The predicted octanol–water partition coefficient (Wildman–Crippen LogP) is 1.36. The summed E-state index contributed by atoms with van der Waals surface area (Å²) < 4.78 is 0. The summed E-state index contributed by atoms with van der Waals surface area (Å²) >= 11 is 0. The molecule has 3 amide bonds. The Morgan fingerprint density at radius 3 is 2.10 bits per heavy atom. The van der Waals surface area contributed by atoms with Crippen LogP contribution < -0.4 is 21.7 Å². The van der Waals surface area contributed by atoms with Crippen LogP contribution >= 0.6 is 0 Å². The maximum Gasteiger partial charge on any atom is 0.243 e. The number of rotatable bonds is 11. The highest BCUT2D eigenvalue weighted by molar-refractivity contribution is 5.93. The van der Waals surface area contributed by atoms with Crippen LogP contribution in [0.15, 0.2) is 30.3 Å². The lowest BCUT2D eigenvalue weighted by atomic mass is 9.96. The second-order valence-electron chi connectivity index (χ2n) is 7.97. The van der Waals surface area contributed by atoms with Crippen LogP contribution in [0.25, 0.3) is 0 Å². The molecule has 7 nitrogen and oxygen atoms in total. The molecule has 0 aliphatic heterocycles. The minimum Gasteiger partial charge on any atom is -0.357 e. The summed E-state index contributed by atoms with van der Waals surface area (Å²) in [6.07, 6.45) is 1.59. The smallest absolute Gasteiger partial charge is 0.243 e. The van der Waals surface area contributed by atoms with E-state index in [0.29, 0.717) is 19.3 Å². The van der Waals surface area contributed by atoms with Crippen molar-refractivity contribution in [2.45, 2.75) is 65.1 Å². The zero-order valence-corrected chi connectivity index (χ0v) is 18.2. The van der Waals surface area contributed by atoms with Gasteiger partial charge in [-0.3, -0.25) is 14.4 Å². The van der Waals surface area contributed by atoms with Crippen LogP contribution in [0, 0.1) is 11.8 Å². The Morgan fingerprint density at radius 2 is 1.59 bits per heavy atom. The van der Waals surface area contributed by atoms with Crippen molar-refractivity contribution in [3.63, 3.8) is 0 Å². The van der Waals surface area contributed by atoms with Gasteiger partial charge in [-0.2, -0.15) is 0 Å². The highest BCUT2D eigenvalue weighted by Gasteiger charge is 2.31. The maximum absolute atomic E-state index is 12.9. The summed E-state index contributed by atoms with van der Waals surface area (Å²) in [5, 5.41) is 8.18. The molecule has 1 unspecified atom stereocenters. The molecular formula is C22H36N4O3. The normalized spacial score (nSPS) is 15.1. The molecule has 5 N–H and O–H groups in total. The van der Waals surface area contributed by atoms with Gasteiger partial charge in [0, 0.05) is 7.05 Å². The molecule has 0 spiro atoms. The van der Waals surface area contributed by atoms with Crippen LogP contribution in [0.1, 0.15) is 46.1 Å². The van der Waals surface area contributed by atoms with Crippen LogP contribution in [0.4, 0.5) is 0 Å². The molecule has 1 aromatic rings. The van der Waals surface area contributed by atoms with Crippen LogP contribution in [0.3, 0.4) is 0 Å². The minimum absolute atomic E-state index is 0.104. The molecule has 0 radical (unpaired) electrons. The highest BCUT2D eigenvalue weighted by Crippen LogP contribution is 2.11. The molecule has 0 aromatic heterocycles. The quantitative estimate of drug-likeness (QED) is 0.446. The summed E-state index contributed by atoms with van der Waals surface area (Å²) in [5.74, 6) is -0.869. The molecule has 1 rings (SSSR count). The van der Waals surface area contributed by atoms with Crippen molar-refractivity contribution in [1.82, 2.24) is 16.0 Å². The molecule has 1 aromatic carbocycles. The van der Waals surface area contributed by atoms with E-state index >= 15 is 0 Å². The first-order chi connectivity index (χ1) is 13.7. The van der Waals surface area contributed by atoms with Gasteiger partial charge in [0.15, 0.2) is 0 Å². The van der Waals surface area contributed by atoms with Crippen LogP contribution in [0.2, 0.25) is 0 Å². The molecule has 0 saturated carbocycles. The fraction of sp³-hybridized carbons (Fsp3) is 0.591. The second kappa shape index (κ2) is 12.2. The fourth-order valence-corrected chi connectivity index (χ4v) is 3.06. The van der Waals surface area contributed by atoms with Gasteiger partial charge in [-0.05, 0) is 30.2 Å². The zero-order valence-electron chi connectivity index (χ0n) is 18.2. The van der Waals surface area contributed by atoms with E-state index in [4.69, 9.17) is 5.73 Å². The molecule has 0 aliphatic rings. The monoisotopic (exact) mass is 404 g/mol. The van der Waals surface area contributed by atoms with Gasteiger partial charge in [-0.1, -0.05) is 64.4 Å². The fourth-order valence-electron chi connectivity index (χ4n) is 3.06. The first-order valence-electron chi connectivity index (χ1n) is 10.3. The van der Waals surface area contributed by atoms with E-state index < -0.39 is 18.1 Å². The maximum atomic E-state index is 12.9. The number of hydrogen-bond acceptors (Lipinski definition) is 4. The number of likely N-dealkylation sites (N-methyl/N-ethyl adjacent to an activating group) is 1. The van der Waals surface area contributed by atoms with Crippen molar-refractivity contribution in [3.8, 4) is 0 Å². The van der Waals surface area contributed by atoms with E-state index in [2.05, 4.69) is 16.0 Å². The van der Waals surface area contributed by atoms with E-state index in [0.717, 1.165) is 5.56 Å². The third-order valence-electron chi connectivity index (χ3n) is 5.01. The van der Waals surface area contributed by atoms with Gasteiger partial charge in [-0.15, -0.1) is 0 Å². The van der Waals surface area contributed by atoms with Crippen molar-refractivity contribution in [1.29, 1.82) is 0 Å². The van der Waals surface area contributed by atoms with Crippen molar-refractivity contribution >= 4 is 17.7 Å². The van der Waals surface area contributed by atoms with Gasteiger partial charge >= 0.3 is 0 Å². The third kappa shape index (κ3) is 8.23. The molecule has 7 heteroatoms. The van der Waals surface area contributed by atoms with Crippen LogP contribution in [-0.4, -0.2) is 42.9 Å². The van der Waals surface area contributed by atoms with E-state index in [1.54, 1.807) is 7.05 Å². The Balaban J connectivity index is 2.85. The highest BCUT2D eigenvalue weighted by atomic mass is 16.2. The topological polar surface area (TPSA) is 113 Å². The lowest BCUT2D eigenvalue weighted by Gasteiger charge is -2.27. The first-order valence-corrected chi connectivity index (χ1v) is 10.3. The molecular weight excluding hydrogens is 368 g/mol. The Morgan fingerprint density at radius 1 is 0.966 bits per heavy atom. The molecule has 29 heavy (non-hydrogen) atoms. The van der Waals surface area contributed by atoms with E-state index in [-0.39, 0.29) is 29.6 Å². The van der Waals surface area contributed by atoms with Gasteiger partial charge in [0.2, 0.25) is 17.7 Å². The van der Waals surface area contributed by atoms with Crippen molar-refractivity contribution in [3.05, 3.63) is 35.9 Å². The SMILES string of the molecule is CCC(C)[C@H](NC(=O)[C@@H](N)Cc1ccccc1)C(=O)N[C@@H](CC(C)C)C(=O)NC. The Kier molecular flexibility index (Phi) is 10.4. The third-order valence-corrected chi connectivity index (χ3v) is 5.01. The molecule has 0 aliphatic carbocycles. The summed E-state index contributed by atoms with van der Waals surface area (Å²) in [5.41, 5.74) is 7.02. The van der Waals surface area contributed by atoms with Gasteiger partial charge < -0.3 is 21.7 Å². The van der Waals surface area contributed by atoms with Crippen molar-refractivity contribution in [2.75, 3.05) is 7.05 Å². The number of carbonyl (C=O) groups is 3. The van der Waals surface area contributed by atoms with Crippen LogP contribution in [0.5, 0.6) is 0 Å². The minimum atomic E-state index is -0.762.